The molecular weight excluding hydrogens is 136 g/mol. The molecule has 0 bridgehead atoms. The normalized spacial score (nSPS) is 20.4. The predicted molar refractivity (Wildman–Crippen MR) is 48.0 cm³/mol. The first-order valence-electron chi connectivity index (χ1n) is 3.59. The Bertz CT molecular complexity index is 246. The van der Waals surface area contributed by atoms with Crippen LogP contribution in [0.3, 0.4) is 0 Å². The van der Waals surface area contributed by atoms with Crippen LogP contribution in [-0.4, -0.2) is 10.7 Å². The third kappa shape index (κ3) is 1.58. The summed E-state index contributed by atoms with van der Waals surface area (Å²) in [5.74, 6) is 0. The second-order valence-electron chi connectivity index (χ2n) is 2.32. The quantitative estimate of drug-likeness (QED) is 0.557. The van der Waals surface area contributed by atoms with Crippen molar-refractivity contribution < 1.29 is 0 Å². The summed E-state index contributed by atoms with van der Waals surface area (Å²) in [6, 6.07) is 0. The third-order valence-electron chi connectivity index (χ3n) is 1.49. The maximum Gasteiger partial charge on any atom is 0.0603 e. The van der Waals surface area contributed by atoms with Gasteiger partial charge in [0.1, 0.15) is 0 Å². The van der Waals surface area contributed by atoms with Crippen LogP contribution in [0.1, 0.15) is 13.8 Å². The molecule has 2 nitrogen and oxygen atoms in total. The van der Waals surface area contributed by atoms with Crippen molar-refractivity contribution in [3.05, 3.63) is 36.7 Å². The fraction of sp³-hybridized carbons (Fsp3) is 0.222. The third-order valence-corrected chi connectivity index (χ3v) is 1.49. The first-order chi connectivity index (χ1) is 5.27. The molecule has 0 spiro atoms. The molecule has 0 N–H and O–H groups in total. The summed E-state index contributed by atoms with van der Waals surface area (Å²) in [5, 5.41) is 5.99. The largest absolute Gasteiger partial charge is 0.242 e. The Morgan fingerprint density at radius 1 is 1.55 bits per heavy atom. The van der Waals surface area contributed by atoms with Crippen LogP contribution >= 0.6 is 0 Å². The van der Waals surface area contributed by atoms with Crippen LogP contribution in [0.25, 0.3) is 0 Å². The van der Waals surface area contributed by atoms with Gasteiger partial charge >= 0.3 is 0 Å². The van der Waals surface area contributed by atoms with Gasteiger partial charge in [-0.05, 0) is 26.0 Å². The molecule has 1 aliphatic rings. The van der Waals surface area contributed by atoms with Gasteiger partial charge in [0.05, 0.1) is 11.4 Å². The van der Waals surface area contributed by atoms with Gasteiger partial charge in [0.25, 0.3) is 0 Å². The molecule has 0 aliphatic carbocycles. The lowest BCUT2D eigenvalue weighted by atomic mass is 10.3. The second kappa shape index (κ2) is 3.19. The number of nitrogens with zero attached hydrogens (tertiary/aromatic N) is 2. The standard InChI is InChI=1S/C9H12N2/c1-4-9-7-6-8(3)10-11(9)5-2/h4-7H,2H2,1,3H3/b9-4-. The van der Waals surface area contributed by atoms with Gasteiger partial charge in [-0.25, -0.2) is 5.01 Å². The minimum absolute atomic E-state index is 0.996. The smallest absolute Gasteiger partial charge is 0.0603 e. The highest BCUT2D eigenvalue weighted by Crippen LogP contribution is 2.11. The molecule has 0 amide bonds. The van der Waals surface area contributed by atoms with Crippen LogP contribution in [0, 0.1) is 0 Å². The highest BCUT2D eigenvalue weighted by Gasteiger charge is 2.04. The van der Waals surface area contributed by atoms with Crippen LogP contribution < -0.4 is 0 Å². The van der Waals surface area contributed by atoms with Gasteiger partial charge < -0.3 is 0 Å². The summed E-state index contributed by atoms with van der Waals surface area (Å²) in [4.78, 5) is 0. The summed E-state index contributed by atoms with van der Waals surface area (Å²) in [5.41, 5.74) is 2.06. The molecule has 1 rings (SSSR count). The Morgan fingerprint density at radius 3 is 2.82 bits per heavy atom. The maximum absolute atomic E-state index is 4.23. The zero-order chi connectivity index (χ0) is 8.27. The predicted octanol–water partition coefficient (Wildman–Crippen LogP) is 2.28. The Labute approximate surface area is 67.2 Å². The molecule has 0 unspecified atom stereocenters. The summed E-state index contributed by atoms with van der Waals surface area (Å²) in [7, 11) is 0. The van der Waals surface area contributed by atoms with E-state index < -0.39 is 0 Å². The second-order valence-corrected chi connectivity index (χ2v) is 2.32. The monoisotopic (exact) mass is 148 g/mol. The van der Waals surface area contributed by atoms with E-state index in [4.69, 9.17) is 0 Å². The van der Waals surface area contributed by atoms with Gasteiger partial charge in [-0.3, -0.25) is 0 Å². The van der Waals surface area contributed by atoms with E-state index in [0.29, 0.717) is 0 Å². The summed E-state index contributed by atoms with van der Waals surface area (Å²) >= 11 is 0. The van der Waals surface area contributed by atoms with Gasteiger partial charge in [-0.1, -0.05) is 12.7 Å². The number of allylic oxidation sites excluding steroid dienone is 3. The van der Waals surface area contributed by atoms with Crippen molar-refractivity contribution in [2.75, 3.05) is 0 Å². The van der Waals surface area contributed by atoms with E-state index in [0.717, 1.165) is 11.4 Å². The maximum atomic E-state index is 4.23. The zero-order valence-electron chi connectivity index (χ0n) is 6.91. The van der Waals surface area contributed by atoms with Crippen LogP contribution in [0.5, 0.6) is 0 Å². The summed E-state index contributed by atoms with van der Waals surface area (Å²) in [6.07, 6.45) is 7.69. The molecule has 0 aromatic carbocycles. The SMILES string of the molecule is C=CN1N=C(C)C=C/C1=C/C. The molecular formula is C9H12N2. The van der Waals surface area contributed by atoms with Gasteiger partial charge in [0.15, 0.2) is 0 Å². The van der Waals surface area contributed by atoms with E-state index in [9.17, 15) is 0 Å². The molecule has 11 heavy (non-hydrogen) atoms. The highest BCUT2D eigenvalue weighted by atomic mass is 15.4. The van der Waals surface area contributed by atoms with Crippen molar-refractivity contribution >= 4 is 5.71 Å². The molecule has 1 aliphatic heterocycles. The lowest BCUT2D eigenvalue weighted by Crippen LogP contribution is -2.13. The lowest BCUT2D eigenvalue weighted by Gasteiger charge is -2.18. The van der Waals surface area contributed by atoms with Crippen molar-refractivity contribution in [3.8, 4) is 0 Å². The van der Waals surface area contributed by atoms with E-state index >= 15 is 0 Å². The minimum Gasteiger partial charge on any atom is -0.242 e. The Kier molecular flexibility index (Phi) is 2.26. The molecule has 58 valence electrons. The highest BCUT2D eigenvalue weighted by molar-refractivity contribution is 5.93. The number of hydrogen-bond donors (Lipinski definition) is 0. The first-order valence-corrected chi connectivity index (χ1v) is 3.59. The van der Waals surface area contributed by atoms with Gasteiger partial charge in [-0.2, -0.15) is 5.10 Å². The van der Waals surface area contributed by atoms with Gasteiger partial charge in [-0.15, -0.1) is 0 Å². The first kappa shape index (κ1) is 7.79. The van der Waals surface area contributed by atoms with E-state index in [1.807, 2.05) is 32.1 Å². The molecule has 0 fully saturated rings. The van der Waals surface area contributed by atoms with Gasteiger partial charge in [0, 0.05) is 6.20 Å². The lowest BCUT2D eigenvalue weighted by molar-refractivity contribution is 0.510. The summed E-state index contributed by atoms with van der Waals surface area (Å²) < 4.78 is 0. The Morgan fingerprint density at radius 2 is 2.27 bits per heavy atom. The van der Waals surface area contributed by atoms with Crippen LogP contribution in [0.2, 0.25) is 0 Å². The molecule has 0 saturated carbocycles. The van der Waals surface area contributed by atoms with Crippen LogP contribution in [-0.2, 0) is 0 Å². The fourth-order valence-corrected chi connectivity index (χ4v) is 0.918. The number of hydrogen-bond acceptors (Lipinski definition) is 2. The van der Waals surface area contributed by atoms with Crippen molar-refractivity contribution in [1.82, 2.24) is 5.01 Å². The van der Waals surface area contributed by atoms with Crippen molar-refractivity contribution in [1.29, 1.82) is 0 Å². The van der Waals surface area contributed by atoms with Crippen molar-refractivity contribution in [3.63, 3.8) is 0 Å². The topological polar surface area (TPSA) is 15.6 Å². The fourth-order valence-electron chi connectivity index (χ4n) is 0.918. The number of rotatable bonds is 1. The molecule has 0 aromatic rings. The van der Waals surface area contributed by atoms with E-state index in [2.05, 4.69) is 11.7 Å². The van der Waals surface area contributed by atoms with Crippen molar-refractivity contribution in [2.24, 2.45) is 5.10 Å². The zero-order valence-corrected chi connectivity index (χ0v) is 6.91. The van der Waals surface area contributed by atoms with E-state index in [1.54, 1.807) is 11.2 Å². The minimum atomic E-state index is 0.996. The Balaban J connectivity index is 2.92. The van der Waals surface area contributed by atoms with Crippen molar-refractivity contribution in [2.45, 2.75) is 13.8 Å². The molecule has 1 heterocycles. The molecule has 0 radical (unpaired) electrons. The molecule has 2 heteroatoms. The summed E-state index contributed by atoms with van der Waals surface area (Å²) in [6.45, 7) is 7.60. The van der Waals surface area contributed by atoms with E-state index in [-0.39, 0.29) is 0 Å². The average Bonchev–Trinajstić information content (AvgIpc) is 2.04. The Hall–Kier alpha value is -1.31. The molecule has 0 atom stereocenters. The average molecular weight is 148 g/mol. The van der Waals surface area contributed by atoms with E-state index in [1.165, 1.54) is 0 Å². The molecule has 0 saturated heterocycles. The van der Waals surface area contributed by atoms with Crippen LogP contribution in [0.4, 0.5) is 0 Å². The number of hydrazone groups is 1. The molecule has 0 aromatic heterocycles. The van der Waals surface area contributed by atoms with Crippen LogP contribution in [0.15, 0.2) is 41.8 Å². The van der Waals surface area contributed by atoms with Gasteiger partial charge in [0.2, 0.25) is 0 Å².